The van der Waals surface area contributed by atoms with Gasteiger partial charge in [-0.15, -0.1) is 0 Å². The van der Waals surface area contributed by atoms with Gasteiger partial charge >= 0.3 is 0 Å². The Kier molecular flexibility index (Phi) is 8.24. The minimum absolute atomic E-state index is 0.450. The number of allylic oxidation sites excluding steroid dienone is 3. The van der Waals surface area contributed by atoms with Gasteiger partial charge in [-0.1, -0.05) is 76.1 Å². The fourth-order valence-corrected chi connectivity index (χ4v) is 6.03. The summed E-state index contributed by atoms with van der Waals surface area (Å²) in [4.78, 5) is 11.0. The van der Waals surface area contributed by atoms with Gasteiger partial charge in [-0.3, -0.25) is 0 Å². The Morgan fingerprint density at radius 2 is 2.00 bits per heavy atom. The summed E-state index contributed by atoms with van der Waals surface area (Å²) in [5.74, 6) is 2.36. The zero-order valence-corrected chi connectivity index (χ0v) is 18.7. The third kappa shape index (κ3) is 4.50. The molecule has 3 fully saturated rings. The van der Waals surface area contributed by atoms with Crippen LogP contribution >= 0.6 is 0 Å². The van der Waals surface area contributed by atoms with Crippen molar-refractivity contribution in [3.05, 3.63) is 40.4 Å². The van der Waals surface area contributed by atoms with Crippen LogP contribution in [0.15, 0.2) is 40.6 Å². The van der Waals surface area contributed by atoms with Gasteiger partial charge in [0.1, 0.15) is 6.04 Å². The molecule has 0 aromatic rings. The summed E-state index contributed by atoms with van der Waals surface area (Å²) in [6, 6.07) is -0.471. The molecule has 0 radical (unpaired) electrons. The van der Waals surface area contributed by atoms with E-state index in [1.165, 1.54) is 38.5 Å². The Balaban J connectivity index is 0.00000136. The fourth-order valence-electron chi connectivity index (χ4n) is 6.03. The van der Waals surface area contributed by atoms with Crippen LogP contribution < -0.4 is 0 Å². The van der Waals surface area contributed by atoms with Gasteiger partial charge in [0.2, 0.25) is 0 Å². The Labute approximate surface area is 172 Å². The summed E-state index contributed by atoms with van der Waals surface area (Å²) in [5, 5.41) is 13.3. The molecule has 3 heteroatoms. The van der Waals surface area contributed by atoms with Gasteiger partial charge in [-0.25, -0.2) is 0 Å². The van der Waals surface area contributed by atoms with E-state index in [0.717, 1.165) is 17.4 Å². The largest absolute Gasteiger partial charge is 0.388 e. The lowest BCUT2D eigenvalue weighted by molar-refractivity contribution is 0.0961. The molecule has 28 heavy (non-hydrogen) atoms. The van der Waals surface area contributed by atoms with E-state index >= 15 is 0 Å². The number of hydrogen-bond donors (Lipinski definition) is 1. The maximum atomic E-state index is 11.0. The Bertz CT molecular complexity index is 620. The molecule has 0 spiro atoms. The molecule has 0 aliphatic heterocycles. The third-order valence-corrected chi connectivity index (χ3v) is 7.80. The van der Waals surface area contributed by atoms with E-state index in [4.69, 9.17) is 0 Å². The van der Waals surface area contributed by atoms with Crippen molar-refractivity contribution < 1.29 is 5.11 Å². The van der Waals surface area contributed by atoms with Crippen molar-refractivity contribution in [1.82, 2.24) is 0 Å². The van der Waals surface area contributed by atoms with Crippen LogP contribution in [-0.2, 0) is 0 Å². The van der Waals surface area contributed by atoms with Crippen LogP contribution in [0.2, 0.25) is 0 Å². The van der Waals surface area contributed by atoms with Gasteiger partial charge in [0.05, 0.1) is 6.10 Å². The molecule has 0 bridgehead atoms. The van der Waals surface area contributed by atoms with Crippen molar-refractivity contribution >= 4 is 0 Å². The summed E-state index contributed by atoms with van der Waals surface area (Å²) >= 11 is 0. The molecule has 0 aromatic heterocycles. The van der Waals surface area contributed by atoms with Gasteiger partial charge in [0.25, 0.3) is 0 Å². The molecule has 3 aliphatic carbocycles. The zero-order valence-electron chi connectivity index (χ0n) is 18.7. The first kappa shape index (κ1) is 23.1. The smallest absolute Gasteiger partial charge is 0.119 e. The monoisotopic (exact) mass is 387 g/mol. The second-order valence-electron chi connectivity index (χ2n) is 9.17. The first-order chi connectivity index (χ1) is 13.4. The molecular formula is C25H41NO2. The van der Waals surface area contributed by atoms with Gasteiger partial charge in [0, 0.05) is 0 Å². The van der Waals surface area contributed by atoms with Crippen LogP contribution in [0.5, 0.6) is 0 Å². The van der Waals surface area contributed by atoms with Crippen LogP contribution in [0.1, 0.15) is 86.0 Å². The molecule has 3 aliphatic rings. The lowest BCUT2D eigenvalue weighted by Gasteiger charge is -2.44. The molecule has 3 nitrogen and oxygen atoms in total. The minimum atomic E-state index is -0.631. The van der Waals surface area contributed by atoms with E-state index in [0.29, 0.717) is 29.7 Å². The normalized spacial score (nSPS) is 39.3. The van der Waals surface area contributed by atoms with Gasteiger partial charge in [-0.05, 0) is 73.7 Å². The molecule has 0 heterocycles. The average Bonchev–Trinajstić information content (AvgIpc) is 3.07. The minimum Gasteiger partial charge on any atom is -0.388 e. The number of nitroso groups, excluding NO2 is 1. The maximum absolute atomic E-state index is 11.0. The molecule has 3 rings (SSSR count). The van der Waals surface area contributed by atoms with Gasteiger partial charge < -0.3 is 5.11 Å². The number of rotatable bonds is 4. The second-order valence-corrected chi connectivity index (χ2v) is 9.17. The number of hydrogen-bond acceptors (Lipinski definition) is 3. The van der Waals surface area contributed by atoms with E-state index in [1.807, 2.05) is 13.8 Å². The number of aliphatic hydroxyl groups is 1. The molecule has 158 valence electrons. The number of nitrogens with zero attached hydrogens (tertiary/aromatic N) is 1. The quantitative estimate of drug-likeness (QED) is 0.418. The second kappa shape index (κ2) is 10.0. The molecule has 0 aromatic carbocycles. The Morgan fingerprint density at radius 3 is 2.64 bits per heavy atom. The van der Waals surface area contributed by atoms with E-state index in [9.17, 15) is 10.0 Å². The van der Waals surface area contributed by atoms with E-state index in [2.05, 4.69) is 44.7 Å². The van der Waals surface area contributed by atoms with Crippen LogP contribution in [-0.4, -0.2) is 17.3 Å². The lowest BCUT2D eigenvalue weighted by atomic mass is 9.61. The van der Waals surface area contributed by atoms with Crippen LogP contribution in [0.3, 0.4) is 0 Å². The van der Waals surface area contributed by atoms with Crippen molar-refractivity contribution in [3.63, 3.8) is 0 Å². The number of aliphatic hydroxyl groups excluding tert-OH is 1. The van der Waals surface area contributed by atoms with Crippen LogP contribution in [0.25, 0.3) is 0 Å². The molecule has 6 atom stereocenters. The summed E-state index contributed by atoms with van der Waals surface area (Å²) in [7, 11) is 0. The molecule has 2 unspecified atom stereocenters. The highest BCUT2D eigenvalue weighted by molar-refractivity contribution is 5.30. The number of fused-ring (bicyclic) bond motifs is 1. The molecule has 3 saturated carbocycles. The summed E-state index contributed by atoms with van der Waals surface area (Å²) in [6.45, 7) is 15.1. The van der Waals surface area contributed by atoms with Gasteiger partial charge in [-0.2, -0.15) is 4.91 Å². The topological polar surface area (TPSA) is 49.7 Å². The lowest BCUT2D eigenvalue weighted by Crippen LogP contribution is -2.35. The predicted octanol–water partition coefficient (Wildman–Crippen LogP) is 6.97. The SMILES string of the molecule is C=C1[C@H](O)C/C(=C\C=C2/CCC[C@@]3(C)C2CCC3[C@H](C)CC)C[C@H]1N=O.CC. The zero-order chi connectivity index (χ0) is 20.9. The van der Waals surface area contributed by atoms with Crippen LogP contribution in [0, 0.1) is 28.1 Å². The molecule has 0 amide bonds. The summed E-state index contributed by atoms with van der Waals surface area (Å²) in [5.41, 5.74) is 3.74. The average molecular weight is 388 g/mol. The Morgan fingerprint density at radius 1 is 1.29 bits per heavy atom. The highest BCUT2D eigenvalue weighted by atomic mass is 16.3. The molecular weight excluding hydrogens is 346 g/mol. The molecule has 0 saturated heterocycles. The van der Waals surface area contributed by atoms with E-state index < -0.39 is 12.1 Å². The predicted molar refractivity (Wildman–Crippen MR) is 119 cm³/mol. The highest BCUT2D eigenvalue weighted by Gasteiger charge is 2.50. The van der Waals surface area contributed by atoms with Gasteiger partial charge in [0.15, 0.2) is 0 Å². The van der Waals surface area contributed by atoms with Crippen molar-refractivity contribution in [2.45, 2.75) is 98.1 Å². The van der Waals surface area contributed by atoms with Crippen molar-refractivity contribution in [1.29, 1.82) is 0 Å². The van der Waals surface area contributed by atoms with Crippen molar-refractivity contribution in [3.8, 4) is 0 Å². The first-order valence-corrected chi connectivity index (χ1v) is 11.5. The fraction of sp³-hybridized carbons (Fsp3) is 0.760. The summed E-state index contributed by atoms with van der Waals surface area (Å²) < 4.78 is 0. The highest BCUT2D eigenvalue weighted by Crippen LogP contribution is 2.59. The van der Waals surface area contributed by atoms with Crippen molar-refractivity contribution in [2.75, 3.05) is 0 Å². The standard InChI is InChI=1S/C23H35NO2.C2H6/c1-5-15(2)19-10-11-20-18(7-6-12-23(19,20)4)9-8-17-13-21(24-26)16(3)22(25)14-17;1-2/h8-9,15,19-22,25H,3,5-7,10-14H2,1-2,4H3;1-2H3/b17-8-,18-9+;/t15-,19?,20?,21-,22-,23-;/m1./s1. The summed E-state index contributed by atoms with van der Waals surface area (Å²) in [6.07, 6.45) is 12.9. The van der Waals surface area contributed by atoms with E-state index in [-0.39, 0.29) is 0 Å². The van der Waals surface area contributed by atoms with Crippen molar-refractivity contribution in [2.24, 2.45) is 28.3 Å². The Hall–Kier alpha value is -1.22. The molecule has 1 N–H and O–H groups in total. The van der Waals surface area contributed by atoms with E-state index in [1.54, 1.807) is 5.57 Å². The maximum Gasteiger partial charge on any atom is 0.119 e. The first-order valence-electron chi connectivity index (χ1n) is 11.5. The third-order valence-electron chi connectivity index (χ3n) is 7.80. The van der Waals surface area contributed by atoms with Crippen LogP contribution in [0.4, 0.5) is 0 Å².